The van der Waals surface area contributed by atoms with Crippen LogP contribution in [0, 0.1) is 11.8 Å². The van der Waals surface area contributed by atoms with Gasteiger partial charge in [-0.1, -0.05) is 26.0 Å². The average Bonchev–Trinajstić information content (AvgIpc) is 2.13. The van der Waals surface area contributed by atoms with Crippen LogP contribution in [-0.2, 0) is 9.59 Å². The van der Waals surface area contributed by atoms with Gasteiger partial charge in [0, 0.05) is 19.5 Å². The molecule has 0 spiro atoms. The van der Waals surface area contributed by atoms with Gasteiger partial charge in [-0.2, -0.15) is 0 Å². The zero-order chi connectivity index (χ0) is 12.2. The molecule has 86 valence electrons. The highest BCUT2D eigenvalue weighted by atomic mass is 16.4. The first kappa shape index (κ1) is 13.7. The number of amides is 1. The largest absolute Gasteiger partial charge is 0.481 e. The maximum Gasteiger partial charge on any atom is 0.307 e. The highest BCUT2D eigenvalue weighted by Crippen LogP contribution is 2.14. The third kappa shape index (κ3) is 4.14. The Bertz CT molecular complexity index is 273. The summed E-state index contributed by atoms with van der Waals surface area (Å²) in [6, 6.07) is 0. The zero-order valence-electron chi connectivity index (χ0n) is 9.78. The molecule has 0 saturated carbocycles. The molecule has 0 rings (SSSR count). The van der Waals surface area contributed by atoms with Crippen molar-refractivity contribution in [3.05, 3.63) is 12.2 Å². The minimum absolute atomic E-state index is 0.159. The fraction of sp³-hybridized carbons (Fsp3) is 0.636. The molecule has 15 heavy (non-hydrogen) atoms. The van der Waals surface area contributed by atoms with E-state index in [0.29, 0.717) is 6.54 Å². The van der Waals surface area contributed by atoms with Crippen molar-refractivity contribution in [2.24, 2.45) is 11.8 Å². The van der Waals surface area contributed by atoms with Crippen molar-refractivity contribution >= 4 is 11.9 Å². The van der Waals surface area contributed by atoms with Gasteiger partial charge in [-0.05, 0) is 6.92 Å². The Morgan fingerprint density at radius 3 is 2.13 bits per heavy atom. The van der Waals surface area contributed by atoms with E-state index >= 15 is 0 Å². The summed E-state index contributed by atoms with van der Waals surface area (Å²) in [7, 11) is 1.65. The highest BCUT2D eigenvalue weighted by molar-refractivity contribution is 5.84. The van der Waals surface area contributed by atoms with Crippen molar-refractivity contribution in [3.63, 3.8) is 0 Å². The van der Waals surface area contributed by atoms with Crippen LogP contribution >= 0.6 is 0 Å². The van der Waals surface area contributed by atoms with Gasteiger partial charge in [-0.25, -0.2) is 0 Å². The molecule has 4 heteroatoms. The molecule has 0 heterocycles. The first-order valence-corrected chi connectivity index (χ1v) is 4.89. The third-order valence-electron chi connectivity index (χ3n) is 2.41. The summed E-state index contributed by atoms with van der Waals surface area (Å²) in [5.41, 5.74) is 0.876. The summed E-state index contributed by atoms with van der Waals surface area (Å²) in [6.45, 7) is 9.18. The number of hydrogen-bond acceptors (Lipinski definition) is 2. The number of likely N-dealkylation sites (N-methyl/N-ethyl adjacent to an activating group) is 1. The van der Waals surface area contributed by atoms with Gasteiger partial charge in [0.05, 0.1) is 5.92 Å². The van der Waals surface area contributed by atoms with E-state index in [9.17, 15) is 9.59 Å². The summed E-state index contributed by atoms with van der Waals surface area (Å²) < 4.78 is 0. The first-order chi connectivity index (χ1) is 6.77. The lowest BCUT2D eigenvalue weighted by Crippen LogP contribution is -2.37. The van der Waals surface area contributed by atoms with Crippen LogP contribution in [0.15, 0.2) is 12.2 Å². The Morgan fingerprint density at radius 1 is 1.33 bits per heavy atom. The predicted octanol–water partition coefficient (Wildman–Crippen LogP) is 1.38. The van der Waals surface area contributed by atoms with Crippen molar-refractivity contribution < 1.29 is 14.7 Å². The van der Waals surface area contributed by atoms with Crippen LogP contribution in [0.2, 0.25) is 0 Å². The molecule has 1 N–H and O–H groups in total. The number of aliphatic carboxylic acids is 1. The Hall–Kier alpha value is -1.32. The molecule has 0 radical (unpaired) electrons. The molecule has 0 aromatic heterocycles. The smallest absolute Gasteiger partial charge is 0.307 e. The van der Waals surface area contributed by atoms with Crippen molar-refractivity contribution in [1.82, 2.24) is 4.90 Å². The maximum absolute atomic E-state index is 11.7. The van der Waals surface area contributed by atoms with Gasteiger partial charge < -0.3 is 10.0 Å². The van der Waals surface area contributed by atoms with Gasteiger partial charge >= 0.3 is 5.97 Å². The average molecular weight is 213 g/mol. The molecule has 0 aliphatic carbocycles. The van der Waals surface area contributed by atoms with E-state index in [4.69, 9.17) is 5.11 Å². The quantitative estimate of drug-likeness (QED) is 0.702. The Balaban J connectivity index is 4.43. The standard InChI is InChI=1S/C11H19NO3/c1-7(2)6-12(5)10(13)8(3)9(4)11(14)15/h8-9H,1,6H2,2-5H3,(H,14,15). The summed E-state index contributed by atoms with van der Waals surface area (Å²) in [5.74, 6) is -2.27. The third-order valence-corrected chi connectivity index (χ3v) is 2.41. The lowest BCUT2D eigenvalue weighted by molar-refractivity contribution is -0.148. The number of hydrogen-bond donors (Lipinski definition) is 1. The maximum atomic E-state index is 11.7. The van der Waals surface area contributed by atoms with Gasteiger partial charge in [0.25, 0.3) is 0 Å². The molecule has 0 aromatic rings. The van der Waals surface area contributed by atoms with Crippen LogP contribution in [0.25, 0.3) is 0 Å². The summed E-state index contributed by atoms with van der Waals surface area (Å²) in [4.78, 5) is 24.0. The van der Waals surface area contributed by atoms with Crippen molar-refractivity contribution in [1.29, 1.82) is 0 Å². The second-order valence-corrected chi connectivity index (χ2v) is 4.07. The molecule has 0 aliphatic heterocycles. The minimum atomic E-state index is -0.945. The van der Waals surface area contributed by atoms with Gasteiger partial charge in [0.2, 0.25) is 5.91 Å². The van der Waals surface area contributed by atoms with E-state index in [0.717, 1.165) is 5.57 Å². The summed E-state index contributed by atoms with van der Waals surface area (Å²) in [5, 5.41) is 8.78. The molecule has 1 amide bonds. The Morgan fingerprint density at radius 2 is 1.80 bits per heavy atom. The number of carbonyl (C=O) groups excluding carboxylic acids is 1. The number of carboxylic acid groups (broad SMARTS) is 1. The molecular weight excluding hydrogens is 194 g/mol. The van der Waals surface area contributed by atoms with Crippen LogP contribution in [0.5, 0.6) is 0 Å². The van der Waals surface area contributed by atoms with E-state index in [2.05, 4.69) is 6.58 Å². The SMILES string of the molecule is C=C(C)CN(C)C(=O)C(C)C(C)C(=O)O. The molecule has 2 atom stereocenters. The number of nitrogens with zero attached hydrogens (tertiary/aromatic N) is 1. The van der Waals surface area contributed by atoms with Gasteiger partial charge in [0.1, 0.15) is 0 Å². The first-order valence-electron chi connectivity index (χ1n) is 4.89. The van der Waals surface area contributed by atoms with Gasteiger partial charge in [-0.3, -0.25) is 9.59 Å². The molecule has 2 unspecified atom stereocenters. The minimum Gasteiger partial charge on any atom is -0.481 e. The van der Waals surface area contributed by atoms with Crippen LogP contribution in [-0.4, -0.2) is 35.5 Å². The Kier molecular flexibility index (Phi) is 5.05. The van der Waals surface area contributed by atoms with E-state index in [1.807, 2.05) is 6.92 Å². The zero-order valence-corrected chi connectivity index (χ0v) is 9.78. The Labute approximate surface area is 90.6 Å². The van der Waals surface area contributed by atoms with Gasteiger partial charge in [-0.15, -0.1) is 0 Å². The lowest BCUT2D eigenvalue weighted by atomic mass is 9.95. The summed E-state index contributed by atoms with van der Waals surface area (Å²) in [6.07, 6.45) is 0. The van der Waals surface area contributed by atoms with Crippen LogP contribution in [0.3, 0.4) is 0 Å². The normalized spacial score (nSPS) is 14.1. The predicted molar refractivity (Wildman–Crippen MR) is 58.4 cm³/mol. The van der Waals surface area contributed by atoms with E-state index in [1.165, 1.54) is 4.90 Å². The molecule has 0 bridgehead atoms. The highest BCUT2D eigenvalue weighted by Gasteiger charge is 2.27. The fourth-order valence-electron chi connectivity index (χ4n) is 1.26. The van der Waals surface area contributed by atoms with Crippen LogP contribution in [0.4, 0.5) is 0 Å². The van der Waals surface area contributed by atoms with Crippen molar-refractivity contribution in [2.45, 2.75) is 20.8 Å². The fourth-order valence-corrected chi connectivity index (χ4v) is 1.26. The van der Waals surface area contributed by atoms with E-state index in [1.54, 1.807) is 20.9 Å². The lowest BCUT2D eigenvalue weighted by Gasteiger charge is -2.23. The van der Waals surface area contributed by atoms with Crippen LogP contribution < -0.4 is 0 Å². The molecule has 0 aromatic carbocycles. The summed E-state index contributed by atoms with van der Waals surface area (Å²) >= 11 is 0. The second kappa shape index (κ2) is 5.53. The molecule has 4 nitrogen and oxygen atoms in total. The van der Waals surface area contributed by atoms with Crippen LogP contribution in [0.1, 0.15) is 20.8 Å². The van der Waals surface area contributed by atoms with Crippen molar-refractivity contribution in [3.8, 4) is 0 Å². The van der Waals surface area contributed by atoms with E-state index < -0.39 is 17.8 Å². The number of rotatable bonds is 5. The number of carbonyl (C=O) groups is 2. The van der Waals surface area contributed by atoms with Gasteiger partial charge in [0.15, 0.2) is 0 Å². The molecule has 0 fully saturated rings. The van der Waals surface area contributed by atoms with E-state index in [-0.39, 0.29) is 5.91 Å². The number of carboxylic acids is 1. The molecule has 0 saturated heterocycles. The molecule has 0 aliphatic rings. The molecular formula is C11H19NO3. The second-order valence-electron chi connectivity index (χ2n) is 4.07. The van der Waals surface area contributed by atoms with Crippen molar-refractivity contribution in [2.75, 3.05) is 13.6 Å². The topological polar surface area (TPSA) is 57.6 Å². The monoisotopic (exact) mass is 213 g/mol.